The minimum absolute atomic E-state index is 0.779. The molecule has 0 N–H and O–H groups in total. The molecule has 7 aromatic rings. The maximum atomic E-state index is 5.06. The lowest BCUT2D eigenvalue weighted by atomic mass is 9.96. The molecule has 0 unspecified atom stereocenters. The minimum Gasteiger partial charge on any atom is -0.290 e. The number of hydrogen-bond acceptors (Lipinski definition) is 3. The molecule has 2 aliphatic rings. The van der Waals surface area contributed by atoms with Gasteiger partial charge in [-0.05, 0) is 93.1 Å². The molecule has 4 heterocycles. The molecule has 4 heteroatoms. The van der Waals surface area contributed by atoms with Crippen molar-refractivity contribution in [3.05, 3.63) is 108 Å². The van der Waals surface area contributed by atoms with E-state index >= 15 is 0 Å². The first-order valence-electron chi connectivity index (χ1n) is 12.0. The second kappa shape index (κ2) is 6.10. The number of imidazole rings is 1. The summed E-state index contributed by atoms with van der Waals surface area (Å²) in [6, 6.07) is 24.4. The molecule has 0 aliphatic heterocycles. The molecular formula is C31H18N4. The Balaban J connectivity index is 1.40. The number of rotatable bonds is 0. The third-order valence-electron chi connectivity index (χ3n) is 7.97. The molecule has 4 aromatic heterocycles. The molecule has 0 saturated heterocycles. The molecule has 0 fully saturated rings. The lowest BCUT2D eigenvalue weighted by molar-refractivity contribution is 1.24. The Labute approximate surface area is 200 Å². The first kappa shape index (κ1) is 17.8. The first-order valence-corrected chi connectivity index (χ1v) is 12.0. The molecular weight excluding hydrogens is 428 g/mol. The average molecular weight is 447 g/mol. The van der Waals surface area contributed by atoms with Crippen LogP contribution in [0.1, 0.15) is 22.3 Å². The summed E-state index contributed by atoms with van der Waals surface area (Å²) >= 11 is 0. The van der Waals surface area contributed by atoms with Crippen LogP contribution in [0.25, 0.3) is 60.7 Å². The largest absolute Gasteiger partial charge is 0.290 e. The summed E-state index contributed by atoms with van der Waals surface area (Å²) in [5.41, 5.74) is 15.0. The molecule has 0 bridgehead atoms. The fourth-order valence-electron chi connectivity index (χ4n) is 6.49. The van der Waals surface area contributed by atoms with Crippen molar-refractivity contribution in [2.24, 2.45) is 0 Å². The third kappa shape index (κ3) is 2.15. The van der Waals surface area contributed by atoms with E-state index in [9.17, 15) is 0 Å². The molecule has 0 saturated carbocycles. The zero-order chi connectivity index (χ0) is 22.7. The normalized spacial score (nSPS) is 13.5. The summed E-state index contributed by atoms with van der Waals surface area (Å²) in [6.07, 6.45) is 7.59. The van der Waals surface area contributed by atoms with Crippen molar-refractivity contribution in [2.75, 3.05) is 0 Å². The highest BCUT2D eigenvalue weighted by atomic mass is 15.1. The van der Waals surface area contributed by atoms with Gasteiger partial charge < -0.3 is 0 Å². The highest BCUT2D eigenvalue weighted by Gasteiger charge is 2.28. The van der Waals surface area contributed by atoms with Crippen LogP contribution in [0.3, 0.4) is 0 Å². The van der Waals surface area contributed by atoms with Gasteiger partial charge in [-0.15, -0.1) is 0 Å². The van der Waals surface area contributed by atoms with Gasteiger partial charge >= 0.3 is 0 Å². The van der Waals surface area contributed by atoms with Crippen LogP contribution in [0, 0.1) is 0 Å². The Morgan fingerprint density at radius 3 is 2.51 bits per heavy atom. The molecule has 0 atom stereocenters. The predicted molar refractivity (Wildman–Crippen MR) is 140 cm³/mol. The lowest BCUT2D eigenvalue weighted by Crippen LogP contribution is -1.95. The predicted octanol–water partition coefficient (Wildman–Crippen LogP) is 6.73. The van der Waals surface area contributed by atoms with Crippen LogP contribution in [0.4, 0.5) is 0 Å². The summed E-state index contributed by atoms with van der Waals surface area (Å²) in [6.45, 7) is 0. The first-order chi connectivity index (χ1) is 17.3. The Morgan fingerprint density at radius 2 is 1.54 bits per heavy atom. The second-order valence-corrected chi connectivity index (χ2v) is 9.70. The van der Waals surface area contributed by atoms with Gasteiger partial charge in [0.1, 0.15) is 5.65 Å². The fraction of sp³-hybridized carbons (Fsp3) is 0.0645. The number of benzene rings is 3. The van der Waals surface area contributed by atoms with Crippen LogP contribution in [0.5, 0.6) is 0 Å². The van der Waals surface area contributed by atoms with Crippen molar-refractivity contribution in [3.8, 4) is 22.3 Å². The van der Waals surface area contributed by atoms with Crippen LogP contribution >= 0.6 is 0 Å². The van der Waals surface area contributed by atoms with Gasteiger partial charge in [0.05, 0.1) is 11.0 Å². The van der Waals surface area contributed by atoms with Gasteiger partial charge in [0, 0.05) is 29.4 Å². The summed E-state index contributed by atoms with van der Waals surface area (Å²) in [5.74, 6) is 0. The summed E-state index contributed by atoms with van der Waals surface area (Å²) in [7, 11) is 0. The molecule has 162 valence electrons. The topological polar surface area (TPSA) is 43.1 Å². The van der Waals surface area contributed by atoms with Gasteiger partial charge in [-0.1, -0.05) is 36.4 Å². The van der Waals surface area contributed by atoms with Crippen LogP contribution in [0.2, 0.25) is 0 Å². The zero-order valence-corrected chi connectivity index (χ0v) is 18.8. The number of pyridine rings is 3. The minimum atomic E-state index is 0.779. The van der Waals surface area contributed by atoms with E-state index in [4.69, 9.17) is 4.98 Å². The van der Waals surface area contributed by atoms with Gasteiger partial charge in [-0.2, -0.15) is 0 Å². The van der Waals surface area contributed by atoms with Crippen molar-refractivity contribution < 1.29 is 0 Å². The van der Waals surface area contributed by atoms with E-state index in [1.807, 2.05) is 24.7 Å². The van der Waals surface area contributed by atoms with Crippen molar-refractivity contribution in [1.82, 2.24) is 19.4 Å². The maximum absolute atomic E-state index is 5.06. The molecule has 35 heavy (non-hydrogen) atoms. The van der Waals surface area contributed by atoms with E-state index in [1.54, 1.807) is 0 Å². The molecule has 0 radical (unpaired) electrons. The SMILES string of the molecule is c1ccc2c(c1)Cc1cc3c(cc1-2)Cc1c-3ccc2c3cnccc3n3c4cccnc4nc3c12. The Kier molecular flexibility index (Phi) is 3.11. The molecule has 9 rings (SSSR count). The number of hydrogen-bond donors (Lipinski definition) is 0. The molecule has 3 aromatic carbocycles. The Morgan fingerprint density at radius 1 is 0.657 bits per heavy atom. The van der Waals surface area contributed by atoms with Crippen LogP contribution in [-0.2, 0) is 12.8 Å². The zero-order valence-electron chi connectivity index (χ0n) is 18.8. The quantitative estimate of drug-likeness (QED) is 0.243. The maximum Gasteiger partial charge on any atom is 0.178 e. The smallest absolute Gasteiger partial charge is 0.178 e. The van der Waals surface area contributed by atoms with Crippen molar-refractivity contribution in [1.29, 1.82) is 0 Å². The number of nitrogens with zero attached hydrogens (tertiary/aromatic N) is 4. The van der Waals surface area contributed by atoms with Crippen molar-refractivity contribution >= 4 is 38.5 Å². The van der Waals surface area contributed by atoms with Crippen molar-refractivity contribution in [3.63, 3.8) is 0 Å². The summed E-state index contributed by atoms with van der Waals surface area (Å²) < 4.78 is 2.27. The van der Waals surface area contributed by atoms with E-state index in [2.05, 4.69) is 75.0 Å². The van der Waals surface area contributed by atoms with E-state index in [1.165, 1.54) is 55.3 Å². The van der Waals surface area contributed by atoms with E-state index in [-0.39, 0.29) is 0 Å². The van der Waals surface area contributed by atoms with Gasteiger partial charge in [-0.25, -0.2) is 9.97 Å². The van der Waals surface area contributed by atoms with Crippen LogP contribution in [0.15, 0.2) is 85.3 Å². The van der Waals surface area contributed by atoms with Gasteiger partial charge in [0.2, 0.25) is 0 Å². The van der Waals surface area contributed by atoms with Crippen molar-refractivity contribution in [2.45, 2.75) is 12.8 Å². The van der Waals surface area contributed by atoms with Crippen LogP contribution in [-0.4, -0.2) is 19.4 Å². The van der Waals surface area contributed by atoms with Gasteiger partial charge in [-0.3, -0.25) is 9.38 Å². The third-order valence-corrected chi connectivity index (χ3v) is 7.97. The highest BCUT2D eigenvalue weighted by Crippen LogP contribution is 2.47. The van der Waals surface area contributed by atoms with Gasteiger partial charge in [0.15, 0.2) is 5.65 Å². The monoisotopic (exact) mass is 446 g/mol. The molecule has 0 amide bonds. The Hall–Kier alpha value is -4.57. The molecule has 0 spiro atoms. The lowest BCUT2D eigenvalue weighted by Gasteiger charge is -2.12. The van der Waals surface area contributed by atoms with E-state index in [0.717, 1.165) is 40.6 Å². The standard InChI is InChI=1S/C31H18N4/c1-2-5-20-17(4-1)12-18-13-24-19(14-23(18)20)15-25-21(24)7-8-22-26-16-32-11-9-27(26)35-28-6-3-10-33-30(28)34-31(35)29(22)25/h1-11,13-14,16H,12,15H2. The highest BCUT2D eigenvalue weighted by molar-refractivity contribution is 6.16. The van der Waals surface area contributed by atoms with E-state index in [0.29, 0.717) is 0 Å². The summed E-state index contributed by atoms with van der Waals surface area (Å²) in [5, 5.41) is 3.58. The van der Waals surface area contributed by atoms with Gasteiger partial charge in [0.25, 0.3) is 0 Å². The fourth-order valence-corrected chi connectivity index (χ4v) is 6.49. The Bertz CT molecular complexity index is 2070. The average Bonchev–Trinajstić information content (AvgIpc) is 3.58. The molecule has 2 aliphatic carbocycles. The number of aromatic nitrogens is 4. The summed E-state index contributed by atoms with van der Waals surface area (Å²) in [4.78, 5) is 14.1. The van der Waals surface area contributed by atoms with Crippen LogP contribution < -0.4 is 0 Å². The number of fused-ring (bicyclic) bond motifs is 15. The second-order valence-electron chi connectivity index (χ2n) is 9.70. The molecule has 4 nitrogen and oxygen atoms in total. The van der Waals surface area contributed by atoms with E-state index < -0.39 is 0 Å².